The number of nitrogens with zero attached hydrogens (tertiary/aromatic N) is 3. The molecule has 0 radical (unpaired) electrons. The predicted octanol–water partition coefficient (Wildman–Crippen LogP) is 4.63. The average molecular weight is 548 g/mol. The largest absolute Gasteiger partial charge is 0.490 e. The summed E-state index contributed by atoms with van der Waals surface area (Å²) < 4.78 is 53.5. The van der Waals surface area contributed by atoms with Gasteiger partial charge in [0.25, 0.3) is 0 Å². The van der Waals surface area contributed by atoms with Crippen LogP contribution in [0.3, 0.4) is 0 Å². The van der Waals surface area contributed by atoms with Gasteiger partial charge >= 0.3 is 12.1 Å². The highest BCUT2D eigenvalue weighted by Crippen LogP contribution is 2.41. The molecule has 0 saturated carbocycles. The fourth-order valence-corrected chi connectivity index (χ4v) is 5.31. The van der Waals surface area contributed by atoms with E-state index in [1.54, 1.807) is 19.1 Å². The van der Waals surface area contributed by atoms with Crippen LogP contribution in [0.25, 0.3) is 0 Å². The molecule has 0 amide bonds. The number of carbonyl (C=O) groups excluding carboxylic acids is 1. The summed E-state index contributed by atoms with van der Waals surface area (Å²) in [6.45, 7) is 7.99. The first-order valence-electron chi connectivity index (χ1n) is 12.5. The highest BCUT2D eigenvalue weighted by atomic mass is 35.5. The summed E-state index contributed by atoms with van der Waals surface area (Å²) >= 11 is 6.26. The van der Waals surface area contributed by atoms with Crippen molar-refractivity contribution in [3.05, 3.63) is 22.7 Å². The molecule has 0 N–H and O–H groups in total. The molecule has 3 aliphatic heterocycles. The minimum absolute atomic E-state index is 0.0723. The number of alkyl halides is 3. The van der Waals surface area contributed by atoms with Crippen molar-refractivity contribution in [3.63, 3.8) is 0 Å². The third-order valence-electron chi connectivity index (χ3n) is 7.00. The molecule has 3 aliphatic rings. The van der Waals surface area contributed by atoms with Gasteiger partial charge in [0.15, 0.2) is 23.7 Å². The first-order chi connectivity index (χ1) is 17.5. The van der Waals surface area contributed by atoms with Crippen LogP contribution in [0.5, 0.6) is 11.5 Å². The normalized spacial score (nSPS) is 20.7. The van der Waals surface area contributed by atoms with E-state index >= 15 is 0 Å². The number of likely N-dealkylation sites (tertiary alicyclic amines) is 2. The lowest BCUT2D eigenvalue weighted by Crippen LogP contribution is -2.61. The fraction of sp³-hybridized carbons (Fsp3) is 0.680. The predicted molar refractivity (Wildman–Crippen MR) is 131 cm³/mol. The molecule has 8 nitrogen and oxygen atoms in total. The van der Waals surface area contributed by atoms with Crippen molar-refractivity contribution < 1.29 is 37.0 Å². The minimum atomic E-state index is -4.48. The molecule has 0 aliphatic carbocycles. The molecule has 0 bridgehead atoms. The Bertz CT molecular complexity index is 1020. The Morgan fingerprint density at radius 1 is 1.16 bits per heavy atom. The maximum absolute atomic E-state index is 12.6. The van der Waals surface area contributed by atoms with E-state index in [-0.39, 0.29) is 34.7 Å². The van der Waals surface area contributed by atoms with Crippen molar-refractivity contribution in [2.24, 2.45) is 10.6 Å². The van der Waals surface area contributed by atoms with Crippen LogP contribution < -0.4 is 9.47 Å². The summed E-state index contributed by atoms with van der Waals surface area (Å²) in [5, 5.41) is 4.43. The van der Waals surface area contributed by atoms with Gasteiger partial charge in [-0.1, -0.05) is 16.8 Å². The summed E-state index contributed by atoms with van der Waals surface area (Å²) in [6.07, 6.45) is -2.38. The number of benzene rings is 1. The van der Waals surface area contributed by atoms with Crippen LogP contribution in [0.1, 0.15) is 45.6 Å². The molecule has 206 valence electrons. The molecule has 2 saturated heterocycles. The molecule has 3 heterocycles. The van der Waals surface area contributed by atoms with Crippen LogP contribution >= 0.6 is 11.6 Å². The van der Waals surface area contributed by atoms with Crippen LogP contribution in [0.4, 0.5) is 13.2 Å². The number of amidine groups is 1. The van der Waals surface area contributed by atoms with Gasteiger partial charge < -0.3 is 23.9 Å². The summed E-state index contributed by atoms with van der Waals surface area (Å²) in [4.78, 5) is 22.5. The molecule has 1 aromatic carbocycles. The molecule has 1 spiro atoms. The maximum Gasteiger partial charge on any atom is 0.422 e. The molecular formula is C25H33ClF3N3O5. The van der Waals surface area contributed by atoms with E-state index in [0.29, 0.717) is 45.5 Å². The number of piperidine rings is 1. The summed E-state index contributed by atoms with van der Waals surface area (Å²) in [5.74, 6) is 0.839. The highest BCUT2D eigenvalue weighted by Gasteiger charge is 2.51. The second-order valence-electron chi connectivity index (χ2n) is 10.1. The number of ether oxygens (including phenoxy) is 3. The molecule has 0 atom stereocenters. The van der Waals surface area contributed by atoms with Crippen LogP contribution in [-0.2, 0) is 20.9 Å². The van der Waals surface area contributed by atoms with Gasteiger partial charge in [0, 0.05) is 32.7 Å². The van der Waals surface area contributed by atoms with E-state index in [0.717, 1.165) is 24.5 Å². The van der Waals surface area contributed by atoms with Crippen LogP contribution in [0, 0.1) is 5.41 Å². The lowest BCUT2D eigenvalue weighted by molar-refractivity contribution is -0.156. The zero-order valence-corrected chi connectivity index (χ0v) is 22.1. The van der Waals surface area contributed by atoms with Gasteiger partial charge in [0.05, 0.1) is 30.1 Å². The summed E-state index contributed by atoms with van der Waals surface area (Å²) in [6, 6.07) is 3.27. The zero-order chi connectivity index (χ0) is 26.8. The first-order valence-corrected chi connectivity index (χ1v) is 12.9. The van der Waals surface area contributed by atoms with Crippen molar-refractivity contribution in [1.82, 2.24) is 9.80 Å². The third-order valence-corrected chi connectivity index (χ3v) is 7.28. The third kappa shape index (κ3) is 6.37. The molecule has 12 heteroatoms. The van der Waals surface area contributed by atoms with Crippen LogP contribution in [0.15, 0.2) is 17.3 Å². The SMILES string of the molecule is CCOC(=O)C1(C)CCN(C2=NOC3(C2)CN(Cc2cc(Cl)c(OCC(F)(F)F)c(OCC)c2)C3)CC1. The van der Waals surface area contributed by atoms with E-state index in [2.05, 4.69) is 15.0 Å². The monoisotopic (exact) mass is 547 g/mol. The topological polar surface area (TPSA) is 72.8 Å². The molecule has 2 fully saturated rings. The first kappa shape index (κ1) is 27.6. The van der Waals surface area contributed by atoms with Gasteiger partial charge in [0.1, 0.15) is 5.84 Å². The number of hydrogen-bond acceptors (Lipinski definition) is 8. The van der Waals surface area contributed by atoms with Crippen molar-refractivity contribution in [2.45, 2.75) is 58.4 Å². The smallest absolute Gasteiger partial charge is 0.422 e. The van der Waals surface area contributed by atoms with Gasteiger partial charge in [-0.05, 0) is 51.3 Å². The van der Waals surface area contributed by atoms with Gasteiger partial charge in [-0.2, -0.15) is 13.2 Å². The number of halogens is 4. The number of carbonyl (C=O) groups is 1. The van der Waals surface area contributed by atoms with Crippen molar-refractivity contribution >= 4 is 23.4 Å². The van der Waals surface area contributed by atoms with E-state index in [4.69, 9.17) is 30.6 Å². The number of rotatable bonds is 8. The molecule has 37 heavy (non-hydrogen) atoms. The Kier molecular flexibility index (Phi) is 8.04. The molecule has 1 aromatic rings. The lowest BCUT2D eigenvalue weighted by atomic mass is 9.80. The van der Waals surface area contributed by atoms with Crippen LogP contribution in [-0.4, -0.2) is 79.4 Å². The number of hydrogen-bond donors (Lipinski definition) is 0. The summed E-state index contributed by atoms with van der Waals surface area (Å²) in [7, 11) is 0. The Labute approximate surface area is 219 Å². The molecule has 0 aromatic heterocycles. The van der Waals surface area contributed by atoms with Crippen molar-refractivity contribution in [1.29, 1.82) is 0 Å². The van der Waals surface area contributed by atoms with E-state index in [1.807, 2.05) is 13.8 Å². The highest BCUT2D eigenvalue weighted by molar-refractivity contribution is 6.32. The number of oxime groups is 1. The standard InChI is InChI=1S/C25H33ClF3N3O5/c1-4-34-19-11-17(10-18(26)21(19)36-16-25(27,28)29)13-31-14-24(15-31)12-20(30-37-24)32-8-6-23(3,7-9-32)22(33)35-5-2/h10-11H,4-9,12-16H2,1-3H3. The minimum Gasteiger partial charge on any atom is -0.490 e. The summed E-state index contributed by atoms with van der Waals surface area (Å²) in [5.41, 5.74) is -0.0533. The second kappa shape index (κ2) is 10.8. The Balaban J connectivity index is 1.30. The second-order valence-corrected chi connectivity index (χ2v) is 10.5. The van der Waals surface area contributed by atoms with Crippen molar-refractivity contribution in [3.8, 4) is 11.5 Å². The fourth-order valence-electron chi connectivity index (χ4n) is 5.02. The maximum atomic E-state index is 12.6. The van der Waals surface area contributed by atoms with Gasteiger partial charge in [-0.15, -0.1) is 0 Å². The molecular weight excluding hydrogens is 515 g/mol. The van der Waals surface area contributed by atoms with Gasteiger partial charge in [0.2, 0.25) is 0 Å². The molecule has 4 rings (SSSR count). The van der Waals surface area contributed by atoms with Crippen molar-refractivity contribution in [2.75, 3.05) is 46.0 Å². The Morgan fingerprint density at radius 2 is 1.86 bits per heavy atom. The lowest BCUT2D eigenvalue weighted by Gasteiger charge is -2.45. The quantitative estimate of drug-likeness (QED) is 0.439. The van der Waals surface area contributed by atoms with E-state index in [9.17, 15) is 18.0 Å². The average Bonchev–Trinajstić information content (AvgIpc) is 3.24. The Morgan fingerprint density at radius 3 is 2.49 bits per heavy atom. The van der Waals surface area contributed by atoms with Gasteiger partial charge in [-0.3, -0.25) is 9.69 Å². The van der Waals surface area contributed by atoms with Crippen LogP contribution in [0.2, 0.25) is 5.02 Å². The van der Waals surface area contributed by atoms with E-state index < -0.39 is 18.2 Å². The van der Waals surface area contributed by atoms with Gasteiger partial charge in [-0.25, -0.2) is 0 Å². The Hall–Kier alpha value is -2.40. The zero-order valence-electron chi connectivity index (χ0n) is 21.3. The molecule has 0 unspecified atom stereocenters. The van der Waals surface area contributed by atoms with E-state index in [1.165, 1.54) is 0 Å². The number of esters is 1.